The zero-order valence-electron chi connectivity index (χ0n) is 11.6. The molecule has 0 aliphatic rings. The van der Waals surface area contributed by atoms with E-state index in [4.69, 9.17) is 0 Å². The van der Waals surface area contributed by atoms with Gasteiger partial charge in [-0.15, -0.1) is 0 Å². The van der Waals surface area contributed by atoms with E-state index in [9.17, 15) is 14.3 Å². The number of para-hydroxylation sites is 1. The number of carbonyl (C=O) groups is 1. The standard InChI is InChI=1S/C14H21FN2O2/c1-4-16-14(2,13(18)19)9-10-17(3)12-8-6-5-7-11(12)15/h5-8,16H,4,9-10H2,1-3H3,(H,18,19). The number of nitrogens with zero attached hydrogens (tertiary/aromatic N) is 1. The van der Waals surface area contributed by atoms with Crippen LogP contribution in [0.25, 0.3) is 0 Å². The first-order chi connectivity index (χ1) is 8.90. The molecule has 1 rings (SSSR count). The van der Waals surface area contributed by atoms with Crippen molar-refractivity contribution in [3.63, 3.8) is 0 Å². The number of likely N-dealkylation sites (N-methyl/N-ethyl adjacent to an activating group) is 1. The van der Waals surface area contributed by atoms with E-state index in [-0.39, 0.29) is 5.82 Å². The monoisotopic (exact) mass is 268 g/mol. The molecule has 0 aliphatic heterocycles. The van der Waals surface area contributed by atoms with Crippen LogP contribution in [0.3, 0.4) is 0 Å². The predicted octanol–water partition coefficient (Wildman–Crippen LogP) is 2.10. The number of benzene rings is 1. The van der Waals surface area contributed by atoms with Crippen molar-refractivity contribution in [2.45, 2.75) is 25.8 Å². The van der Waals surface area contributed by atoms with Crippen LogP contribution in [0.15, 0.2) is 24.3 Å². The summed E-state index contributed by atoms with van der Waals surface area (Å²) in [5.41, 5.74) is -0.513. The van der Waals surface area contributed by atoms with Gasteiger partial charge in [0, 0.05) is 13.6 Å². The van der Waals surface area contributed by atoms with E-state index in [0.717, 1.165) is 0 Å². The average molecular weight is 268 g/mol. The summed E-state index contributed by atoms with van der Waals surface area (Å²) < 4.78 is 13.6. The number of rotatable bonds is 7. The Kier molecular flexibility index (Phi) is 5.30. The first-order valence-corrected chi connectivity index (χ1v) is 6.35. The highest BCUT2D eigenvalue weighted by atomic mass is 19.1. The molecule has 0 saturated heterocycles. The van der Waals surface area contributed by atoms with Crippen molar-refractivity contribution < 1.29 is 14.3 Å². The van der Waals surface area contributed by atoms with Crippen molar-refractivity contribution in [2.24, 2.45) is 0 Å². The van der Waals surface area contributed by atoms with E-state index in [1.54, 1.807) is 37.1 Å². The number of anilines is 1. The van der Waals surface area contributed by atoms with Crippen LogP contribution in [-0.2, 0) is 4.79 Å². The third kappa shape index (κ3) is 3.92. The lowest BCUT2D eigenvalue weighted by Crippen LogP contribution is -2.51. The third-order valence-corrected chi connectivity index (χ3v) is 3.25. The van der Waals surface area contributed by atoms with Crippen LogP contribution >= 0.6 is 0 Å². The predicted molar refractivity (Wildman–Crippen MR) is 74.0 cm³/mol. The van der Waals surface area contributed by atoms with Crippen LogP contribution in [0.5, 0.6) is 0 Å². The van der Waals surface area contributed by atoms with Crippen molar-refractivity contribution in [1.82, 2.24) is 5.32 Å². The maximum atomic E-state index is 13.6. The van der Waals surface area contributed by atoms with Gasteiger partial charge >= 0.3 is 5.97 Å². The van der Waals surface area contributed by atoms with Crippen molar-refractivity contribution in [1.29, 1.82) is 0 Å². The van der Waals surface area contributed by atoms with Gasteiger partial charge in [-0.1, -0.05) is 19.1 Å². The van der Waals surface area contributed by atoms with Gasteiger partial charge in [-0.25, -0.2) is 4.39 Å². The molecule has 0 amide bonds. The van der Waals surface area contributed by atoms with Gasteiger partial charge < -0.3 is 15.3 Å². The Morgan fingerprint density at radius 2 is 2.11 bits per heavy atom. The summed E-state index contributed by atoms with van der Waals surface area (Å²) >= 11 is 0. The molecule has 1 aromatic carbocycles. The van der Waals surface area contributed by atoms with Crippen molar-refractivity contribution in [3.05, 3.63) is 30.1 Å². The Morgan fingerprint density at radius 1 is 1.47 bits per heavy atom. The van der Waals surface area contributed by atoms with E-state index in [1.807, 2.05) is 6.92 Å². The fourth-order valence-electron chi connectivity index (χ4n) is 1.93. The average Bonchev–Trinajstić information content (AvgIpc) is 2.36. The number of aliphatic carboxylic acids is 1. The Balaban J connectivity index is 2.70. The zero-order chi connectivity index (χ0) is 14.5. The minimum atomic E-state index is -0.992. The highest BCUT2D eigenvalue weighted by Gasteiger charge is 2.31. The van der Waals surface area contributed by atoms with E-state index >= 15 is 0 Å². The second kappa shape index (κ2) is 6.52. The van der Waals surface area contributed by atoms with Crippen LogP contribution in [0.2, 0.25) is 0 Å². The summed E-state index contributed by atoms with van der Waals surface area (Å²) in [5.74, 6) is -1.19. The summed E-state index contributed by atoms with van der Waals surface area (Å²) in [5, 5.41) is 12.2. The second-order valence-corrected chi connectivity index (χ2v) is 4.79. The molecule has 5 heteroatoms. The third-order valence-electron chi connectivity index (χ3n) is 3.25. The lowest BCUT2D eigenvalue weighted by Gasteiger charge is -2.29. The molecule has 0 fully saturated rings. The van der Waals surface area contributed by atoms with Crippen molar-refractivity contribution in [3.8, 4) is 0 Å². The molecule has 4 nitrogen and oxygen atoms in total. The SMILES string of the molecule is CCNC(C)(CCN(C)c1ccccc1F)C(=O)O. The van der Waals surface area contributed by atoms with Gasteiger partial charge in [-0.05, 0) is 32.0 Å². The highest BCUT2D eigenvalue weighted by molar-refractivity contribution is 5.78. The van der Waals surface area contributed by atoms with Gasteiger partial charge in [0.15, 0.2) is 0 Å². The fraction of sp³-hybridized carbons (Fsp3) is 0.500. The maximum absolute atomic E-state index is 13.6. The molecule has 0 bridgehead atoms. The molecule has 0 aromatic heterocycles. The molecule has 19 heavy (non-hydrogen) atoms. The molecular formula is C14H21FN2O2. The van der Waals surface area contributed by atoms with Gasteiger partial charge in [0.1, 0.15) is 11.4 Å². The van der Waals surface area contributed by atoms with Crippen LogP contribution < -0.4 is 10.2 Å². The van der Waals surface area contributed by atoms with Crippen LogP contribution in [0.4, 0.5) is 10.1 Å². The minimum absolute atomic E-state index is 0.300. The summed E-state index contributed by atoms with van der Waals surface area (Å²) in [6, 6.07) is 6.47. The maximum Gasteiger partial charge on any atom is 0.323 e. The highest BCUT2D eigenvalue weighted by Crippen LogP contribution is 2.19. The number of hydrogen-bond acceptors (Lipinski definition) is 3. The summed E-state index contributed by atoms with van der Waals surface area (Å²) in [6.45, 7) is 4.54. The topological polar surface area (TPSA) is 52.6 Å². The smallest absolute Gasteiger partial charge is 0.323 e. The molecule has 0 spiro atoms. The Morgan fingerprint density at radius 3 is 2.63 bits per heavy atom. The zero-order valence-corrected chi connectivity index (χ0v) is 11.6. The van der Waals surface area contributed by atoms with E-state index in [0.29, 0.717) is 25.2 Å². The summed E-state index contributed by atoms with van der Waals surface area (Å²) in [7, 11) is 1.76. The quantitative estimate of drug-likeness (QED) is 0.795. The molecule has 1 aromatic rings. The fourth-order valence-corrected chi connectivity index (χ4v) is 1.93. The first-order valence-electron chi connectivity index (χ1n) is 6.35. The molecule has 1 unspecified atom stereocenters. The Bertz CT molecular complexity index is 439. The molecule has 0 radical (unpaired) electrons. The van der Waals surface area contributed by atoms with Gasteiger partial charge in [0.2, 0.25) is 0 Å². The minimum Gasteiger partial charge on any atom is -0.480 e. The van der Waals surface area contributed by atoms with Crippen LogP contribution in [0.1, 0.15) is 20.3 Å². The molecule has 2 N–H and O–H groups in total. The van der Waals surface area contributed by atoms with E-state index in [1.165, 1.54) is 6.07 Å². The van der Waals surface area contributed by atoms with Crippen molar-refractivity contribution >= 4 is 11.7 Å². The Hall–Kier alpha value is -1.62. The van der Waals surface area contributed by atoms with Gasteiger partial charge in [0.05, 0.1) is 5.69 Å². The number of carboxylic acids is 1. The molecule has 1 atom stereocenters. The first kappa shape index (κ1) is 15.4. The second-order valence-electron chi connectivity index (χ2n) is 4.79. The van der Waals surface area contributed by atoms with E-state index < -0.39 is 11.5 Å². The van der Waals surface area contributed by atoms with Gasteiger partial charge in [-0.3, -0.25) is 4.79 Å². The van der Waals surface area contributed by atoms with Crippen LogP contribution in [-0.4, -0.2) is 36.8 Å². The summed E-state index contributed by atoms with van der Waals surface area (Å²) in [4.78, 5) is 13.0. The number of nitrogens with one attached hydrogen (secondary N) is 1. The molecule has 0 aliphatic carbocycles. The number of halogens is 1. The summed E-state index contributed by atoms with van der Waals surface area (Å²) in [6.07, 6.45) is 0.390. The van der Waals surface area contributed by atoms with E-state index in [2.05, 4.69) is 5.32 Å². The van der Waals surface area contributed by atoms with Gasteiger partial charge in [-0.2, -0.15) is 0 Å². The largest absolute Gasteiger partial charge is 0.480 e. The Labute approximate surface area is 113 Å². The lowest BCUT2D eigenvalue weighted by molar-refractivity contribution is -0.144. The number of carboxylic acid groups (broad SMARTS) is 1. The normalized spacial score (nSPS) is 13.9. The molecule has 0 saturated carbocycles. The lowest BCUT2D eigenvalue weighted by atomic mass is 9.97. The molecule has 0 heterocycles. The number of hydrogen-bond donors (Lipinski definition) is 2. The van der Waals surface area contributed by atoms with Gasteiger partial charge in [0.25, 0.3) is 0 Å². The van der Waals surface area contributed by atoms with Crippen LogP contribution in [0, 0.1) is 5.82 Å². The molecular weight excluding hydrogens is 247 g/mol. The molecule has 106 valence electrons. The van der Waals surface area contributed by atoms with Crippen molar-refractivity contribution in [2.75, 3.05) is 25.0 Å².